The Morgan fingerprint density at radius 1 is 1.21 bits per heavy atom. The van der Waals surface area contributed by atoms with E-state index in [9.17, 15) is 9.59 Å². The van der Waals surface area contributed by atoms with Crippen LogP contribution in [0.1, 0.15) is 32.0 Å². The molecule has 0 fully saturated rings. The summed E-state index contributed by atoms with van der Waals surface area (Å²) in [5.74, 6) is -1.98. The van der Waals surface area contributed by atoms with E-state index in [2.05, 4.69) is 10.3 Å². The summed E-state index contributed by atoms with van der Waals surface area (Å²) in [7, 11) is 3.11. The predicted octanol–water partition coefficient (Wildman–Crippen LogP) is 5.41. The van der Waals surface area contributed by atoms with Gasteiger partial charge in [0.05, 0.1) is 27.2 Å². The Morgan fingerprint density at radius 2 is 1.94 bits per heavy atom. The molecule has 2 N–H and O–H groups in total. The van der Waals surface area contributed by atoms with Gasteiger partial charge in [-0.15, -0.1) is 0 Å². The molecule has 0 aliphatic carbocycles. The third-order valence-electron chi connectivity index (χ3n) is 4.47. The van der Waals surface area contributed by atoms with Gasteiger partial charge in [-0.3, -0.25) is 9.59 Å². The van der Waals surface area contributed by atoms with Crippen molar-refractivity contribution < 1.29 is 18.7 Å². The lowest BCUT2D eigenvalue weighted by Gasteiger charge is -2.13. The number of H-pyrrole nitrogens is 1. The van der Waals surface area contributed by atoms with Crippen molar-refractivity contribution in [1.82, 2.24) is 15.2 Å². The van der Waals surface area contributed by atoms with Gasteiger partial charge >= 0.3 is 0 Å². The number of ether oxygens (including phenoxy) is 1. The number of carbonyl (C=O) groups excluding carboxylic acids is 2. The van der Waals surface area contributed by atoms with Crippen molar-refractivity contribution >= 4 is 46.6 Å². The molecule has 0 spiro atoms. The molecule has 2 aromatic carbocycles. The van der Waals surface area contributed by atoms with Crippen LogP contribution in [0.4, 0.5) is 4.39 Å². The molecular weight excluding hydrogens is 494 g/mol. The molecule has 0 saturated carbocycles. The summed E-state index contributed by atoms with van der Waals surface area (Å²) in [6.45, 7) is -0.219. The Labute approximate surface area is 203 Å². The van der Waals surface area contributed by atoms with Gasteiger partial charge in [-0.1, -0.05) is 40.9 Å². The SMILES string of the molecule is CN(C)C(=O)c1c[nH]c(C(=O)NCc2ccc(Cl)c(Oc3cc(Cl)cc(C#N)c3)c2F)c1Cl. The average molecular weight is 510 g/mol. The number of rotatable bonds is 6. The largest absolute Gasteiger partial charge is 0.453 e. The first-order valence-electron chi connectivity index (χ1n) is 9.34. The second-order valence-corrected chi connectivity index (χ2v) is 8.23. The maximum atomic E-state index is 15.1. The second-order valence-electron chi connectivity index (χ2n) is 7.01. The van der Waals surface area contributed by atoms with Gasteiger partial charge in [-0.2, -0.15) is 5.26 Å². The van der Waals surface area contributed by atoms with E-state index in [1.54, 1.807) is 14.1 Å². The zero-order valence-electron chi connectivity index (χ0n) is 17.3. The van der Waals surface area contributed by atoms with Crippen molar-refractivity contribution in [1.29, 1.82) is 5.26 Å². The first kappa shape index (κ1) is 24.4. The lowest BCUT2D eigenvalue weighted by Crippen LogP contribution is -2.24. The van der Waals surface area contributed by atoms with Gasteiger partial charge in [-0.05, 0) is 24.3 Å². The lowest BCUT2D eigenvalue weighted by molar-refractivity contribution is 0.0828. The number of nitrogens with zero attached hydrogens (tertiary/aromatic N) is 2. The van der Waals surface area contributed by atoms with Crippen molar-refractivity contribution in [3.05, 3.63) is 79.8 Å². The molecule has 7 nitrogen and oxygen atoms in total. The molecule has 1 aromatic heterocycles. The van der Waals surface area contributed by atoms with Gasteiger partial charge in [0.15, 0.2) is 11.6 Å². The predicted molar refractivity (Wildman–Crippen MR) is 123 cm³/mol. The van der Waals surface area contributed by atoms with Crippen molar-refractivity contribution in [3.63, 3.8) is 0 Å². The summed E-state index contributed by atoms with van der Waals surface area (Å²) in [4.78, 5) is 28.6. The van der Waals surface area contributed by atoms with E-state index < -0.39 is 11.7 Å². The molecule has 2 amide bonds. The summed E-state index contributed by atoms with van der Waals surface area (Å²) < 4.78 is 20.6. The molecule has 0 aliphatic heterocycles. The maximum Gasteiger partial charge on any atom is 0.269 e. The van der Waals surface area contributed by atoms with Crippen LogP contribution in [-0.4, -0.2) is 35.8 Å². The number of amides is 2. The number of hydrogen-bond acceptors (Lipinski definition) is 4. The fraction of sp³-hybridized carbons (Fsp3) is 0.136. The third-order valence-corrected chi connectivity index (χ3v) is 5.38. The van der Waals surface area contributed by atoms with Crippen LogP contribution in [0.25, 0.3) is 0 Å². The summed E-state index contributed by atoms with van der Waals surface area (Å²) in [5.41, 5.74) is 0.416. The van der Waals surface area contributed by atoms with Gasteiger partial charge in [0.2, 0.25) is 0 Å². The minimum atomic E-state index is -0.803. The minimum absolute atomic E-state index is 0.0136. The van der Waals surface area contributed by atoms with E-state index in [4.69, 9.17) is 44.8 Å². The van der Waals surface area contributed by atoms with Gasteiger partial charge in [0, 0.05) is 37.4 Å². The highest BCUT2D eigenvalue weighted by Gasteiger charge is 2.22. The van der Waals surface area contributed by atoms with Crippen LogP contribution in [-0.2, 0) is 6.54 Å². The van der Waals surface area contributed by atoms with Gasteiger partial charge in [0.1, 0.15) is 11.4 Å². The molecule has 33 heavy (non-hydrogen) atoms. The zero-order valence-corrected chi connectivity index (χ0v) is 19.6. The Bertz CT molecular complexity index is 1280. The molecule has 1 heterocycles. The van der Waals surface area contributed by atoms with E-state index in [1.165, 1.54) is 41.4 Å². The first-order chi connectivity index (χ1) is 15.6. The smallest absolute Gasteiger partial charge is 0.269 e. The Hall–Kier alpha value is -3.25. The molecule has 0 unspecified atom stereocenters. The third kappa shape index (κ3) is 5.40. The van der Waals surface area contributed by atoms with E-state index >= 15 is 4.39 Å². The van der Waals surface area contributed by atoms with Gasteiger partial charge < -0.3 is 19.9 Å². The molecule has 0 radical (unpaired) electrons. The number of nitriles is 1. The number of aromatic nitrogens is 1. The fourth-order valence-electron chi connectivity index (χ4n) is 2.84. The fourth-order valence-corrected chi connectivity index (χ4v) is 3.52. The van der Waals surface area contributed by atoms with Crippen LogP contribution >= 0.6 is 34.8 Å². The highest BCUT2D eigenvalue weighted by Crippen LogP contribution is 2.35. The van der Waals surface area contributed by atoms with Crippen LogP contribution in [0.2, 0.25) is 15.1 Å². The number of carbonyl (C=O) groups is 2. The number of benzene rings is 2. The van der Waals surface area contributed by atoms with E-state index in [-0.39, 0.29) is 61.4 Å². The van der Waals surface area contributed by atoms with Crippen molar-refractivity contribution in [2.24, 2.45) is 0 Å². The molecule has 0 bridgehead atoms. The lowest BCUT2D eigenvalue weighted by atomic mass is 10.2. The van der Waals surface area contributed by atoms with E-state index in [1.807, 2.05) is 6.07 Å². The molecule has 0 saturated heterocycles. The van der Waals surface area contributed by atoms with Crippen molar-refractivity contribution in [3.8, 4) is 17.6 Å². The Kier molecular flexibility index (Phi) is 7.49. The number of aromatic amines is 1. The number of hydrogen-bond donors (Lipinski definition) is 2. The molecule has 3 aromatic rings. The first-order valence-corrected chi connectivity index (χ1v) is 10.5. The molecule has 3 rings (SSSR count). The van der Waals surface area contributed by atoms with E-state index in [0.29, 0.717) is 0 Å². The molecule has 0 aliphatic rings. The average Bonchev–Trinajstić information content (AvgIpc) is 3.16. The maximum absolute atomic E-state index is 15.1. The standard InChI is InChI=1S/C22H16Cl3FN4O3/c1-30(2)22(32)15-10-28-19(17(15)25)21(31)29-9-12-3-4-16(24)20(18(12)26)33-14-6-11(8-27)5-13(23)7-14/h3-7,10,28H,9H2,1-2H3,(H,29,31). The highest BCUT2D eigenvalue weighted by molar-refractivity contribution is 6.36. The quantitative estimate of drug-likeness (QED) is 0.464. The summed E-state index contributed by atoms with van der Waals surface area (Å²) in [5, 5.41) is 11.8. The van der Waals surface area contributed by atoms with Crippen LogP contribution in [0.5, 0.6) is 11.5 Å². The summed E-state index contributed by atoms with van der Waals surface area (Å²) >= 11 is 18.2. The normalized spacial score (nSPS) is 10.5. The monoisotopic (exact) mass is 508 g/mol. The molecule has 11 heteroatoms. The van der Waals surface area contributed by atoms with Crippen LogP contribution < -0.4 is 10.1 Å². The Balaban J connectivity index is 1.79. The Morgan fingerprint density at radius 3 is 2.61 bits per heavy atom. The highest BCUT2D eigenvalue weighted by atomic mass is 35.5. The molecule has 0 atom stereocenters. The van der Waals surface area contributed by atoms with Crippen molar-refractivity contribution in [2.45, 2.75) is 6.54 Å². The van der Waals surface area contributed by atoms with Crippen LogP contribution in [0.3, 0.4) is 0 Å². The molecular formula is C22H16Cl3FN4O3. The van der Waals surface area contributed by atoms with Crippen LogP contribution in [0.15, 0.2) is 36.5 Å². The van der Waals surface area contributed by atoms with Crippen molar-refractivity contribution in [2.75, 3.05) is 14.1 Å². The topological polar surface area (TPSA) is 98.2 Å². The number of nitrogens with one attached hydrogen (secondary N) is 2. The zero-order chi connectivity index (χ0) is 24.3. The second kappa shape index (κ2) is 10.1. The number of halogens is 4. The summed E-state index contributed by atoms with van der Waals surface area (Å²) in [6, 6.07) is 8.95. The molecule has 170 valence electrons. The summed E-state index contributed by atoms with van der Waals surface area (Å²) in [6.07, 6.45) is 1.33. The van der Waals surface area contributed by atoms with Gasteiger partial charge in [-0.25, -0.2) is 4.39 Å². The van der Waals surface area contributed by atoms with E-state index in [0.717, 1.165) is 0 Å². The van der Waals surface area contributed by atoms with Gasteiger partial charge in [0.25, 0.3) is 11.8 Å². The minimum Gasteiger partial charge on any atom is -0.453 e. The van der Waals surface area contributed by atoms with Crippen LogP contribution in [0, 0.1) is 17.1 Å².